The van der Waals surface area contributed by atoms with Gasteiger partial charge in [-0.25, -0.2) is 4.79 Å². The first-order chi connectivity index (χ1) is 7.52. The average Bonchev–Trinajstić information content (AvgIpc) is 2.25. The molecular formula is C12H13NO3. The Balaban J connectivity index is 3.06. The van der Waals surface area contributed by atoms with E-state index in [-0.39, 0.29) is 11.5 Å². The molecule has 1 amide bonds. The first-order valence-electron chi connectivity index (χ1n) is 4.81. The van der Waals surface area contributed by atoms with E-state index in [9.17, 15) is 9.59 Å². The average molecular weight is 219 g/mol. The molecule has 0 unspecified atom stereocenters. The minimum absolute atomic E-state index is 0.00120. The highest BCUT2D eigenvalue weighted by molar-refractivity contribution is 5.98. The topological polar surface area (TPSA) is 80.4 Å². The number of hydrogen-bond acceptors (Lipinski definition) is 2. The van der Waals surface area contributed by atoms with Gasteiger partial charge in [-0.15, -0.1) is 0 Å². The molecule has 1 aromatic rings. The van der Waals surface area contributed by atoms with Crippen LogP contribution in [-0.4, -0.2) is 17.0 Å². The molecule has 3 N–H and O–H groups in total. The number of carbonyl (C=O) groups is 2. The van der Waals surface area contributed by atoms with Crippen LogP contribution in [0.5, 0.6) is 0 Å². The number of carbonyl (C=O) groups excluding carboxylic acids is 1. The lowest BCUT2D eigenvalue weighted by molar-refractivity contribution is -0.133. The highest BCUT2D eigenvalue weighted by Gasteiger charge is 2.18. The van der Waals surface area contributed by atoms with Gasteiger partial charge >= 0.3 is 5.97 Å². The van der Waals surface area contributed by atoms with Crippen molar-refractivity contribution in [3.63, 3.8) is 0 Å². The molecule has 0 saturated carbocycles. The standard InChI is InChI=1S/C12H13NO3/c1-8(9-5-3-2-4-6-9)10(12(15)16)7-11(13)14/h2-8H,1H3,(H2,13,14)(H,15,16)/b10-7-/t8-/m0/s1. The minimum Gasteiger partial charge on any atom is -0.478 e. The smallest absolute Gasteiger partial charge is 0.332 e. The highest BCUT2D eigenvalue weighted by Crippen LogP contribution is 2.23. The molecule has 0 fully saturated rings. The van der Waals surface area contributed by atoms with Crippen molar-refractivity contribution in [1.29, 1.82) is 0 Å². The zero-order valence-electron chi connectivity index (χ0n) is 8.88. The van der Waals surface area contributed by atoms with E-state index < -0.39 is 11.9 Å². The van der Waals surface area contributed by atoms with Crippen LogP contribution in [0.25, 0.3) is 0 Å². The molecule has 0 aliphatic heterocycles. The third-order valence-corrected chi connectivity index (χ3v) is 2.31. The van der Waals surface area contributed by atoms with Gasteiger partial charge in [0.25, 0.3) is 0 Å². The summed E-state index contributed by atoms with van der Waals surface area (Å²) < 4.78 is 0. The van der Waals surface area contributed by atoms with Crippen molar-refractivity contribution >= 4 is 11.9 Å². The number of carboxylic acids is 1. The zero-order chi connectivity index (χ0) is 12.1. The molecule has 0 heterocycles. The van der Waals surface area contributed by atoms with Gasteiger partial charge in [-0.2, -0.15) is 0 Å². The third-order valence-electron chi connectivity index (χ3n) is 2.31. The van der Waals surface area contributed by atoms with Crippen LogP contribution < -0.4 is 5.73 Å². The molecule has 0 bridgehead atoms. The maximum absolute atomic E-state index is 11.0. The van der Waals surface area contributed by atoms with Crippen molar-refractivity contribution in [3.8, 4) is 0 Å². The van der Waals surface area contributed by atoms with Crippen molar-refractivity contribution in [1.82, 2.24) is 0 Å². The van der Waals surface area contributed by atoms with Crippen molar-refractivity contribution in [2.75, 3.05) is 0 Å². The van der Waals surface area contributed by atoms with E-state index in [1.165, 1.54) is 0 Å². The van der Waals surface area contributed by atoms with Gasteiger partial charge in [-0.05, 0) is 5.56 Å². The normalized spacial score (nSPS) is 13.2. The Morgan fingerprint density at radius 1 is 1.31 bits per heavy atom. The van der Waals surface area contributed by atoms with E-state index in [1.807, 2.05) is 30.3 Å². The largest absolute Gasteiger partial charge is 0.478 e. The summed E-state index contributed by atoms with van der Waals surface area (Å²) >= 11 is 0. The van der Waals surface area contributed by atoms with Gasteiger partial charge in [0.05, 0.1) is 0 Å². The number of rotatable bonds is 4. The maximum atomic E-state index is 11.0. The molecule has 0 spiro atoms. The Hall–Kier alpha value is -2.10. The molecule has 4 nitrogen and oxygen atoms in total. The Morgan fingerprint density at radius 2 is 1.88 bits per heavy atom. The van der Waals surface area contributed by atoms with Crippen LogP contribution in [0, 0.1) is 0 Å². The van der Waals surface area contributed by atoms with Crippen LogP contribution in [0.15, 0.2) is 42.0 Å². The number of carboxylic acid groups (broad SMARTS) is 1. The summed E-state index contributed by atoms with van der Waals surface area (Å²) in [7, 11) is 0. The Kier molecular flexibility index (Phi) is 3.83. The molecule has 4 heteroatoms. The van der Waals surface area contributed by atoms with Gasteiger partial charge < -0.3 is 10.8 Å². The highest BCUT2D eigenvalue weighted by atomic mass is 16.4. The third kappa shape index (κ3) is 2.95. The van der Waals surface area contributed by atoms with Gasteiger partial charge in [0.1, 0.15) is 0 Å². The van der Waals surface area contributed by atoms with Crippen LogP contribution in [0.4, 0.5) is 0 Å². The summed E-state index contributed by atoms with van der Waals surface area (Å²) in [6, 6.07) is 9.09. The van der Waals surface area contributed by atoms with Crippen molar-refractivity contribution in [2.24, 2.45) is 5.73 Å². The van der Waals surface area contributed by atoms with Crippen LogP contribution in [0.2, 0.25) is 0 Å². The zero-order valence-corrected chi connectivity index (χ0v) is 8.88. The van der Waals surface area contributed by atoms with Gasteiger partial charge in [-0.3, -0.25) is 4.79 Å². The summed E-state index contributed by atoms with van der Waals surface area (Å²) in [6.45, 7) is 1.72. The van der Waals surface area contributed by atoms with Crippen LogP contribution >= 0.6 is 0 Å². The Morgan fingerprint density at radius 3 is 2.31 bits per heavy atom. The summed E-state index contributed by atoms with van der Waals surface area (Å²) in [5.74, 6) is -2.25. The maximum Gasteiger partial charge on any atom is 0.332 e. The minimum atomic E-state index is -1.13. The number of aliphatic carboxylic acids is 1. The fourth-order valence-electron chi connectivity index (χ4n) is 1.45. The molecule has 84 valence electrons. The molecule has 0 radical (unpaired) electrons. The van der Waals surface area contributed by atoms with E-state index >= 15 is 0 Å². The fraction of sp³-hybridized carbons (Fsp3) is 0.167. The second-order valence-electron chi connectivity index (χ2n) is 3.44. The lowest BCUT2D eigenvalue weighted by atomic mass is 9.92. The number of primary amides is 1. The summed E-state index contributed by atoms with van der Waals surface area (Å²) in [4.78, 5) is 21.7. The molecule has 16 heavy (non-hydrogen) atoms. The molecule has 1 atom stereocenters. The summed E-state index contributed by atoms with van der Waals surface area (Å²) in [5, 5.41) is 8.98. The van der Waals surface area contributed by atoms with Crippen molar-refractivity contribution < 1.29 is 14.7 Å². The van der Waals surface area contributed by atoms with Gasteiger partial charge in [0.2, 0.25) is 5.91 Å². The molecule has 0 aromatic heterocycles. The van der Waals surface area contributed by atoms with Crippen molar-refractivity contribution in [3.05, 3.63) is 47.5 Å². The molecule has 0 aliphatic rings. The van der Waals surface area contributed by atoms with Crippen LogP contribution in [-0.2, 0) is 9.59 Å². The first kappa shape index (κ1) is 12.0. The van der Waals surface area contributed by atoms with Crippen LogP contribution in [0.3, 0.4) is 0 Å². The number of amides is 1. The number of nitrogens with two attached hydrogens (primary N) is 1. The second kappa shape index (κ2) is 5.11. The molecule has 1 aromatic carbocycles. The molecular weight excluding hydrogens is 206 g/mol. The Labute approximate surface area is 93.4 Å². The van der Waals surface area contributed by atoms with Crippen molar-refractivity contribution in [2.45, 2.75) is 12.8 Å². The van der Waals surface area contributed by atoms with E-state index in [4.69, 9.17) is 10.8 Å². The van der Waals surface area contributed by atoms with E-state index in [2.05, 4.69) is 0 Å². The summed E-state index contributed by atoms with van der Waals surface area (Å²) in [6.07, 6.45) is 0.958. The van der Waals surface area contributed by atoms with Gasteiger partial charge in [0.15, 0.2) is 0 Å². The lowest BCUT2D eigenvalue weighted by Gasteiger charge is -2.12. The van der Waals surface area contributed by atoms with Crippen LogP contribution in [0.1, 0.15) is 18.4 Å². The molecule has 0 aliphatic carbocycles. The monoisotopic (exact) mass is 219 g/mol. The van der Waals surface area contributed by atoms with Gasteiger partial charge in [0, 0.05) is 17.6 Å². The van der Waals surface area contributed by atoms with E-state index in [0.29, 0.717) is 0 Å². The first-order valence-corrected chi connectivity index (χ1v) is 4.81. The van der Waals surface area contributed by atoms with Gasteiger partial charge in [-0.1, -0.05) is 37.3 Å². The molecule has 0 saturated heterocycles. The predicted molar refractivity (Wildman–Crippen MR) is 59.8 cm³/mol. The molecule has 1 rings (SSSR count). The second-order valence-corrected chi connectivity index (χ2v) is 3.44. The number of hydrogen-bond donors (Lipinski definition) is 2. The fourth-order valence-corrected chi connectivity index (χ4v) is 1.45. The predicted octanol–water partition coefficient (Wildman–Crippen LogP) is 1.29. The Bertz CT molecular complexity index is 423. The summed E-state index contributed by atoms with van der Waals surface area (Å²) in [5.41, 5.74) is 5.80. The SMILES string of the molecule is C[C@H](/C(=C/C(N)=O)C(=O)O)c1ccccc1. The van der Waals surface area contributed by atoms with E-state index in [0.717, 1.165) is 11.6 Å². The lowest BCUT2D eigenvalue weighted by Crippen LogP contribution is -2.14. The quantitative estimate of drug-likeness (QED) is 0.748. The number of benzene rings is 1. The van der Waals surface area contributed by atoms with E-state index in [1.54, 1.807) is 6.92 Å².